The highest BCUT2D eigenvalue weighted by atomic mass is 127. The summed E-state index contributed by atoms with van der Waals surface area (Å²) in [4.78, 5) is 5.70. The predicted molar refractivity (Wildman–Crippen MR) is 104 cm³/mol. The number of alkyl halides is 3. The summed E-state index contributed by atoms with van der Waals surface area (Å²) in [6.45, 7) is 2.68. The van der Waals surface area contributed by atoms with Crippen LogP contribution in [-0.2, 0) is 4.74 Å². The summed E-state index contributed by atoms with van der Waals surface area (Å²) >= 11 is 0. The number of likely N-dealkylation sites (tertiary alicyclic amines) is 1. The Hall–Kier alpha value is -0.290. The highest BCUT2D eigenvalue weighted by Crippen LogP contribution is 2.23. The van der Waals surface area contributed by atoms with E-state index in [9.17, 15) is 13.2 Å². The van der Waals surface area contributed by atoms with Gasteiger partial charge in [0, 0.05) is 26.7 Å². The summed E-state index contributed by atoms with van der Waals surface area (Å²) in [6.07, 6.45) is 1.00. The number of rotatable bonds is 6. The van der Waals surface area contributed by atoms with Crippen molar-refractivity contribution in [1.29, 1.82) is 0 Å². The first-order valence-electron chi connectivity index (χ1n) is 8.81. The van der Waals surface area contributed by atoms with Gasteiger partial charge in [0.05, 0.1) is 12.6 Å². The van der Waals surface area contributed by atoms with E-state index in [2.05, 4.69) is 15.6 Å². The Bertz CT molecular complexity index is 395. The summed E-state index contributed by atoms with van der Waals surface area (Å²) in [6, 6.07) is 0. The zero-order chi connectivity index (χ0) is 17.4. The first-order chi connectivity index (χ1) is 11.5. The monoisotopic (exact) mass is 478 g/mol. The number of piperidine rings is 1. The molecule has 2 heterocycles. The number of aliphatic imine (C=N–C) groups is 1. The standard InChI is InChI=1S/C16H29F3N4O.HI/c1-20-15(22-11-14-3-2-10-24-14)21-7-4-13-5-8-23(9-6-13)12-16(17,18)19;/h13-14H,2-12H2,1H3,(H2,20,21,22);1H. The Balaban J connectivity index is 0.00000312. The van der Waals surface area contributed by atoms with E-state index >= 15 is 0 Å². The first-order valence-corrected chi connectivity index (χ1v) is 8.81. The number of nitrogens with one attached hydrogen (secondary N) is 2. The molecule has 2 N–H and O–H groups in total. The molecule has 0 saturated carbocycles. The lowest BCUT2D eigenvalue weighted by molar-refractivity contribution is -0.148. The minimum Gasteiger partial charge on any atom is -0.376 e. The van der Waals surface area contributed by atoms with Gasteiger partial charge in [0.2, 0.25) is 0 Å². The fourth-order valence-corrected chi connectivity index (χ4v) is 3.32. The summed E-state index contributed by atoms with van der Waals surface area (Å²) in [5.41, 5.74) is 0. The Morgan fingerprint density at radius 1 is 1.20 bits per heavy atom. The molecule has 2 saturated heterocycles. The van der Waals surface area contributed by atoms with Crippen LogP contribution in [0, 0.1) is 5.92 Å². The van der Waals surface area contributed by atoms with Crippen LogP contribution in [0.5, 0.6) is 0 Å². The molecule has 1 unspecified atom stereocenters. The van der Waals surface area contributed by atoms with Crippen LogP contribution in [0.25, 0.3) is 0 Å². The Labute approximate surface area is 165 Å². The molecule has 0 bridgehead atoms. The average Bonchev–Trinajstić information content (AvgIpc) is 3.04. The number of nitrogens with zero attached hydrogens (tertiary/aromatic N) is 2. The van der Waals surface area contributed by atoms with E-state index in [0.717, 1.165) is 57.8 Å². The molecule has 9 heteroatoms. The van der Waals surface area contributed by atoms with Gasteiger partial charge >= 0.3 is 6.18 Å². The minimum atomic E-state index is -4.09. The van der Waals surface area contributed by atoms with Crippen molar-refractivity contribution < 1.29 is 17.9 Å². The molecule has 0 spiro atoms. The molecule has 0 aromatic rings. The predicted octanol–water partition coefficient (Wildman–Crippen LogP) is 2.61. The van der Waals surface area contributed by atoms with Gasteiger partial charge in [-0.2, -0.15) is 13.2 Å². The lowest BCUT2D eigenvalue weighted by Crippen LogP contribution is -2.43. The van der Waals surface area contributed by atoms with Gasteiger partial charge in [0.1, 0.15) is 0 Å². The summed E-state index contributed by atoms with van der Waals surface area (Å²) < 4.78 is 42.7. The third-order valence-electron chi connectivity index (χ3n) is 4.70. The molecule has 0 amide bonds. The van der Waals surface area contributed by atoms with Gasteiger partial charge in [-0.05, 0) is 51.1 Å². The molecule has 5 nitrogen and oxygen atoms in total. The van der Waals surface area contributed by atoms with Gasteiger partial charge in [0.25, 0.3) is 0 Å². The van der Waals surface area contributed by atoms with Gasteiger partial charge in [-0.3, -0.25) is 9.89 Å². The number of halogens is 4. The second-order valence-corrected chi connectivity index (χ2v) is 6.64. The van der Waals surface area contributed by atoms with Gasteiger partial charge < -0.3 is 15.4 Å². The van der Waals surface area contributed by atoms with Crippen molar-refractivity contribution in [2.75, 3.05) is 46.4 Å². The summed E-state index contributed by atoms with van der Waals surface area (Å²) in [5.74, 6) is 1.25. The minimum absolute atomic E-state index is 0. The van der Waals surface area contributed by atoms with E-state index in [1.54, 1.807) is 7.05 Å². The molecule has 2 aliphatic rings. The van der Waals surface area contributed by atoms with Crippen molar-refractivity contribution in [1.82, 2.24) is 15.5 Å². The average molecular weight is 478 g/mol. The van der Waals surface area contributed by atoms with Crippen LogP contribution >= 0.6 is 24.0 Å². The molecule has 2 fully saturated rings. The van der Waals surface area contributed by atoms with Crippen LogP contribution < -0.4 is 10.6 Å². The maximum atomic E-state index is 12.4. The Kier molecular flexibility index (Phi) is 10.4. The van der Waals surface area contributed by atoms with Crippen LogP contribution in [0.4, 0.5) is 13.2 Å². The van der Waals surface area contributed by atoms with Crippen molar-refractivity contribution in [3.8, 4) is 0 Å². The van der Waals surface area contributed by atoms with Gasteiger partial charge in [-0.15, -0.1) is 24.0 Å². The second kappa shape index (κ2) is 11.4. The normalized spacial score (nSPS) is 23.4. The molecule has 2 aliphatic heterocycles. The van der Waals surface area contributed by atoms with Gasteiger partial charge in [-0.25, -0.2) is 0 Å². The van der Waals surface area contributed by atoms with Gasteiger partial charge in [0.15, 0.2) is 5.96 Å². The smallest absolute Gasteiger partial charge is 0.376 e. The van der Waals surface area contributed by atoms with Crippen molar-refractivity contribution in [2.45, 2.75) is 44.4 Å². The highest BCUT2D eigenvalue weighted by molar-refractivity contribution is 14.0. The summed E-state index contributed by atoms with van der Waals surface area (Å²) in [5, 5.41) is 6.54. The topological polar surface area (TPSA) is 48.9 Å². The van der Waals surface area contributed by atoms with Crippen molar-refractivity contribution in [3.05, 3.63) is 0 Å². The molecule has 0 aromatic heterocycles. The summed E-state index contributed by atoms with van der Waals surface area (Å²) in [7, 11) is 1.74. The van der Waals surface area contributed by atoms with E-state index in [1.165, 1.54) is 4.90 Å². The van der Waals surface area contributed by atoms with Crippen LogP contribution in [0.15, 0.2) is 4.99 Å². The largest absolute Gasteiger partial charge is 0.401 e. The Morgan fingerprint density at radius 2 is 1.92 bits per heavy atom. The van der Waals surface area contributed by atoms with Crippen LogP contribution in [0.2, 0.25) is 0 Å². The fraction of sp³-hybridized carbons (Fsp3) is 0.938. The zero-order valence-corrected chi connectivity index (χ0v) is 17.1. The number of guanidine groups is 1. The fourth-order valence-electron chi connectivity index (χ4n) is 3.32. The zero-order valence-electron chi connectivity index (χ0n) is 14.8. The van der Waals surface area contributed by atoms with Crippen molar-refractivity contribution >= 4 is 29.9 Å². The van der Waals surface area contributed by atoms with Crippen molar-refractivity contribution in [2.24, 2.45) is 10.9 Å². The van der Waals surface area contributed by atoms with Crippen LogP contribution in [-0.4, -0.2) is 69.5 Å². The number of hydrogen-bond acceptors (Lipinski definition) is 3. The Morgan fingerprint density at radius 3 is 2.48 bits per heavy atom. The number of hydrogen-bond donors (Lipinski definition) is 2. The molecule has 25 heavy (non-hydrogen) atoms. The molecular weight excluding hydrogens is 448 g/mol. The lowest BCUT2D eigenvalue weighted by atomic mass is 9.93. The second-order valence-electron chi connectivity index (χ2n) is 6.64. The molecule has 0 aliphatic carbocycles. The maximum absolute atomic E-state index is 12.4. The molecule has 148 valence electrons. The molecule has 1 atom stereocenters. The van der Waals surface area contributed by atoms with E-state index in [0.29, 0.717) is 19.0 Å². The molecular formula is C16H30F3IN4O. The van der Waals surface area contributed by atoms with E-state index in [4.69, 9.17) is 4.74 Å². The highest BCUT2D eigenvalue weighted by Gasteiger charge is 2.32. The quantitative estimate of drug-likeness (QED) is 0.350. The molecule has 0 aromatic carbocycles. The van der Waals surface area contributed by atoms with Gasteiger partial charge in [-0.1, -0.05) is 0 Å². The SMILES string of the molecule is CN=C(NCCC1CCN(CC(F)(F)F)CC1)NCC1CCCO1.I. The molecule has 0 radical (unpaired) electrons. The molecule has 2 rings (SSSR count). The van der Waals surface area contributed by atoms with E-state index < -0.39 is 12.7 Å². The van der Waals surface area contributed by atoms with Crippen LogP contribution in [0.3, 0.4) is 0 Å². The van der Waals surface area contributed by atoms with E-state index in [-0.39, 0.29) is 30.1 Å². The van der Waals surface area contributed by atoms with Crippen molar-refractivity contribution in [3.63, 3.8) is 0 Å². The third kappa shape index (κ3) is 9.28. The van der Waals surface area contributed by atoms with E-state index in [1.807, 2.05) is 0 Å². The number of ether oxygens (including phenoxy) is 1. The van der Waals surface area contributed by atoms with Crippen LogP contribution in [0.1, 0.15) is 32.1 Å². The third-order valence-corrected chi connectivity index (χ3v) is 4.70. The first kappa shape index (κ1) is 22.8. The maximum Gasteiger partial charge on any atom is 0.401 e. The lowest BCUT2D eigenvalue weighted by Gasteiger charge is -2.32.